The van der Waals surface area contributed by atoms with E-state index in [0.717, 1.165) is 18.8 Å². The van der Waals surface area contributed by atoms with Gasteiger partial charge in [-0.05, 0) is 43.7 Å². The number of rotatable bonds is 4. The van der Waals surface area contributed by atoms with E-state index in [-0.39, 0.29) is 0 Å². The first-order chi connectivity index (χ1) is 9.06. The fourth-order valence-electron chi connectivity index (χ4n) is 2.30. The first-order valence-electron chi connectivity index (χ1n) is 6.64. The Balaban J connectivity index is 2.07. The van der Waals surface area contributed by atoms with Crippen LogP contribution in [0.1, 0.15) is 22.3 Å². The van der Waals surface area contributed by atoms with Crippen LogP contribution in [0.2, 0.25) is 0 Å². The third kappa shape index (κ3) is 3.58. The molecule has 0 saturated heterocycles. The van der Waals surface area contributed by atoms with Crippen molar-refractivity contribution in [2.75, 3.05) is 12.8 Å². The molecule has 2 aromatic carbocycles. The number of nitrogen functional groups attached to an aromatic ring is 1. The number of nitrogens with zero attached hydrogens (tertiary/aromatic N) is 1. The molecule has 0 aromatic heterocycles. The van der Waals surface area contributed by atoms with Gasteiger partial charge in [0.2, 0.25) is 0 Å². The summed E-state index contributed by atoms with van der Waals surface area (Å²) in [5.74, 6) is 0. The second-order valence-electron chi connectivity index (χ2n) is 5.30. The summed E-state index contributed by atoms with van der Waals surface area (Å²) in [7, 11) is 2.13. The Morgan fingerprint density at radius 3 is 2.37 bits per heavy atom. The van der Waals surface area contributed by atoms with Crippen LogP contribution in [0, 0.1) is 13.8 Å². The lowest BCUT2D eigenvalue weighted by atomic mass is 10.1. The van der Waals surface area contributed by atoms with Gasteiger partial charge >= 0.3 is 0 Å². The molecule has 2 nitrogen and oxygen atoms in total. The maximum absolute atomic E-state index is 6.03. The summed E-state index contributed by atoms with van der Waals surface area (Å²) in [5, 5.41) is 0. The lowest BCUT2D eigenvalue weighted by Crippen LogP contribution is -2.18. The molecule has 0 bridgehead atoms. The zero-order chi connectivity index (χ0) is 13.8. The summed E-state index contributed by atoms with van der Waals surface area (Å²) in [4.78, 5) is 2.30. The Bertz CT molecular complexity index is 561. The molecule has 0 heterocycles. The first kappa shape index (κ1) is 13.6. The van der Waals surface area contributed by atoms with E-state index < -0.39 is 0 Å². The van der Waals surface area contributed by atoms with Crippen LogP contribution in [0.15, 0.2) is 42.5 Å². The van der Waals surface area contributed by atoms with Crippen molar-refractivity contribution in [2.45, 2.75) is 26.9 Å². The standard InChI is InChI=1S/C17H22N2/c1-13-8-9-17(18)16(10-13)12-19(3)11-15-7-5-4-6-14(15)2/h4-10H,11-12,18H2,1-3H3. The SMILES string of the molecule is Cc1ccc(N)c(CN(C)Cc2ccccc2C)c1. The van der Waals surface area contributed by atoms with Crippen molar-refractivity contribution in [3.8, 4) is 0 Å². The molecule has 0 aliphatic carbocycles. The molecule has 0 aliphatic heterocycles. The summed E-state index contributed by atoms with van der Waals surface area (Å²) in [6.45, 7) is 6.08. The van der Waals surface area contributed by atoms with Crippen LogP contribution in [-0.4, -0.2) is 11.9 Å². The number of aryl methyl sites for hydroxylation is 2. The van der Waals surface area contributed by atoms with Crippen LogP contribution >= 0.6 is 0 Å². The number of hydrogen-bond donors (Lipinski definition) is 1. The minimum atomic E-state index is 0.877. The molecule has 0 saturated carbocycles. The summed E-state index contributed by atoms with van der Waals surface area (Å²) in [6.07, 6.45) is 0. The Kier molecular flexibility index (Phi) is 4.23. The molecule has 0 fully saturated rings. The second kappa shape index (κ2) is 5.89. The molecule has 2 aromatic rings. The van der Waals surface area contributed by atoms with E-state index in [0.29, 0.717) is 0 Å². The van der Waals surface area contributed by atoms with Crippen molar-refractivity contribution in [2.24, 2.45) is 0 Å². The van der Waals surface area contributed by atoms with E-state index in [1.807, 2.05) is 6.07 Å². The maximum Gasteiger partial charge on any atom is 0.0359 e. The quantitative estimate of drug-likeness (QED) is 0.846. The summed E-state index contributed by atoms with van der Waals surface area (Å²) < 4.78 is 0. The molecular formula is C17H22N2. The highest BCUT2D eigenvalue weighted by molar-refractivity contribution is 5.48. The Morgan fingerprint density at radius 1 is 0.947 bits per heavy atom. The summed E-state index contributed by atoms with van der Waals surface area (Å²) >= 11 is 0. The molecule has 0 atom stereocenters. The first-order valence-corrected chi connectivity index (χ1v) is 6.64. The van der Waals surface area contributed by atoms with Gasteiger partial charge in [-0.25, -0.2) is 0 Å². The summed E-state index contributed by atoms with van der Waals surface area (Å²) in [6, 6.07) is 14.7. The highest BCUT2D eigenvalue weighted by atomic mass is 15.1. The topological polar surface area (TPSA) is 29.3 Å². The van der Waals surface area contributed by atoms with Crippen molar-refractivity contribution in [3.63, 3.8) is 0 Å². The van der Waals surface area contributed by atoms with Gasteiger partial charge in [-0.2, -0.15) is 0 Å². The molecule has 100 valence electrons. The molecular weight excluding hydrogens is 232 g/mol. The minimum absolute atomic E-state index is 0.877. The van der Waals surface area contributed by atoms with E-state index in [9.17, 15) is 0 Å². The number of anilines is 1. The lowest BCUT2D eigenvalue weighted by Gasteiger charge is -2.19. The number of nitrogens with two attached hydrogens (primary N) is 1. The predicted octanol–water partition coefficient (Wildman–Crippen LogP) is 3.52. The van der Waals surface area contributed by atoms with Gasteiger partial charge in [0.15, 0.2) is 0 Å². The molecule has 19 heavy (non-hydrogen) atoms. The van der Waals surface area contributed by atoms with Gasteiger partial charge in [0, 0.05) is 18.8 Å². The third-order valence-corrected chi connectivity index (χ3v) is 3.44. The van der Waals surface area contributed by atoms with E-state index in [4.69, 9.17) is 5.73 Å². The lowest BCUT2D eigenvalue weighted by molar-refractivity contribution is 0.319. The molecule has 0 spiro atoms. The van der Waals surface area contributed by atoms with Gasteiger partial charge in [-0.3, -0.25) is 4.90 Å². The fourth-order valence-corrected chi connectivity index (χ4v) is 2.30. The van der Waals surface area contributed by atoms with Gasteiger partial charge in [0.05, 0.1) is 0 Å². The van der Waals surface area contributed by atoms with E-state index in [2.05, 4.69) is 62.2 Å². The third-order valence-electron chi connectivity index (χ3n) is 3.44. The van der Waals surface area contributed by atoms with Gasteiger partial charge in [-0.15, -0.1) is 0 Å². The molecule has 0 radical (unpaired) electrons. The Hall–Kier alpha value is -1.80. The van der Waals surface area contributed by atoms with Crippen molar-refractivity contribution in [1.82, 2.24) is 4.90 Å². The van der Waals surface area contributed by atoms with E-state index in [1.54, 1.807) is 0 Å². The highest BCUT2D eigenvalue weighted by Gasteiger charge is 2.06. The molecule has 2 heteroatoms. The molecule has 0 aliphatic rings. The Morgan fingerprint density at radius 2 is 1.63 bits per heavy atom. The van der Waals surface area contributed by atoms with Crippen molar-refractivity contribution in [1.29, 1.82) is 0 Å². The largest absolute Gasteiger partial charge is 0.398 e. The number of benzene rings is 2. The molecule has 0 unspecified atom stereocenters. The average molecular weight is 254 g/mol. The van der Waals surface area contributed by atoms with Crippen molar-refractivity contribution in [3.05, 3.63) is 64.7 Å². The number of hydrogen-bond acceptors (Lipinski definition) is 2. The summed E-state index contributed by atoms with van der Waals surface area (Å²) in [5.41, 5.74) is 12.1. The van der Waals surface area contributed by atoms with Crippen LogP contribution in [0.25, 0.3) is 0 Å². The van der Waals surface area contributed by atoms with Crippen LogP contribution < -0.4 is 5.73 Å². The van der Waals surface area contributed by atoms with Gasteiger partial charge in [0.25, 0.3) is 0 Å². The molecule has 0 amide bonds. The Labute approximate surface area is 115 Å². The normalized spacial score (nSPS) is 10.9. The van der Waals surface area contributed by atoms with Gasteiger partial charge < -0.3 is 5.73 Å². The van der Waals surface area contributed by atoms with Crippen LogP contribution in [0.5, 0.6) is 0 Å². The monoisotopic (exact) mass is 254 g/mol. The van der Waals surface area contributed by atoms with E-state index >= 15 is 0 Å². The van der Waals surface area contributed by atoms with Crippen LogP contribution in [0.4, 0.5) is 5.69 Å². The average Bonchev–Trinajstić information content (AvgIpc) is 2.37. The fraction of sp³-hybridized carbons (Fsp3) is 0.294. The van der Waals surface area contributed by atoms with Gasteiger partial charge in [0.1, 0.15) is 0 Å². The molecule has 2 N–H and O–H groups in total. The zero-order valence-corrected chi connectivity index (χ0v) is 12.0. The van der Waals surface area contributed by atoms with Crippen molar-refractivity contribution < 1.29 is 0 Å². The van der Waals surface area contributed by atoms with Crippen LogP contribution in [0.3, 0.4) is 0 Å². The smallest absolute Gasteiger partial charge is 0.0359 e. The van der Waals surface area contributed by atoms with Crippen molar-refractivity contribution >= 4 is 5.69 Å². The zero-order valence-electron chi connectivity index (χ0n) is 12.0. The van der Waals surface area contributed by atoms with E-state index in [1.165, 1.54) is 22.3 Å². The van der Waals surface area contributed by atoms with Gasteiger partial charge in [-0.1, -0.05) is 42.0 Å². The maximum atomic E-state index is 6.03. The minimum Gasteiger partial charge on any atom is -0.398 e. The van der Waals surface area contributed by atoms with Crippen LogP contribution in [-0.2, 0) is 13.1 Å². The molecule has 2 rings (SSSR count). The second-order valence-corrected chi connectivity index (χ2v) is 5.30. The predicted molar refractivity (Wildman–Crippen MR) is 81.9 cm³/mol. The highest BCUT2D eigenvalue weighted by Crippen LogP contribution is 2.17.